The molecule has 7 aromatic carbocycles. The molecule has 13 rings (SSSR count). The van der Waals surface area contributed by atoms with E-state index in [0.717, 1.165) is 122 Å². The Morgan fingerprint density at radius 3 is 1.07 bits per heavy atom. The molecule has 0 N–H and O–H groups in total. The summed E-state index contributed by atoms with van der Waals surface area (Å²) in [5, 5.41) is 3.42. The lowest BCUT2D eigenvalue weighted by atomic mass is 9.94. The second-order valence-electron chi connectivity index (χ2n) is 17.0. The first kappa shape index (κ1) is 41.9. The third-order valence-corrected chi connectivity index (χ3v) is 13.2. The molecule has 0 aliphatic rings. The summed E-state index contributed by atoms with van der Waals surface area (Å²) < 4.78 is 4.76. The summed E-state index contributed by atoms with van der Waals surface area (Å²) in [4.78, 5) is 19.2. The van der Waals surface area contributed by atoms with Crippen LogP contribution in [-0.2, 0) is 0 Å². The first-order valence-electron chi connectivity index (χ1n) is 23.4. The number of nitrogens with zero attached hydrogens (tertiary/aromatic N) is 6. The highest BCUT2D eigenvalue weighted by atomic mass is 15.0. The lowest BCUT2D eigenvalue weighted by Crippen LogP contribution is -1.98. The Labute approximate surface area is 405 Å². The van der Waals surface area contributed by atoms with Gasteiger partial charge in [-0.2, -0.15) is 0 Å². The minimum Gasteiger partial charge on any atom is -0.309 e. The molecular weight excluding hydrogens is 853 g/mol. The van der Waals surface area contributed by atoms with Gasteiger partial charge in [0.2, 0.25) is 0 Å². The molecule has 0 aliphatic heterocycles. The van der Waals surface area contributed by atoms with Gasteiger partial charge in [0.1, 0.15) is 0 Å². The SMILES string of the molecule is C=C.c1ccc(-c2ccccc2-c2ccc3c(c2)c2cc(-c4ccccc4-c4ccccn4)ccc2n3-c2cccc(-n3c4ccc(-c5ccccc5-c5ccccn5)cc4c4ncccc43)c2)nc1. The van der Waals surface area contributed by atoms with Gasteiger partial charge in [0.25, 0.3) is 0 Å². The lowest BCUT2D eigenvalue weighted by Gasteiger charge is -2.14. The molecule has 6 nitrogen and oxygen atoms in total. The van der Waals surface area contributed by atoms with Gasteiger partial charge in [-0.1, -0.05) is 115 Å². The van der Waals surface area contributed by atoms with Gasteiger partial charge in [-0.25, -0.2) is 0 Å². The Hall–Kier alpha value is -9.52. The summed E-state index contributed by atoms with van der Waals surface area (Å²) in [5.41, 5.74) is 20.3. The van der Waals surface area contributed by atoms with Crippen molar-refractivity contribution in [1.82, 2.24) is 29.1 Å². The van der Waals surface area contributed by atoms with E-state index in [1.54, 1.807) is 0 Å². The van der Waals surface area contributed by atoms with Crippen molar-refractivity contribution in [1.29, 1.82) is 0 Å². The van der Waals surface area contributed by atoms with E-state index in [0.29, 0.717) is 0 Å². The molecule has 0 amide bonds. The number of benzene rings is 7. The Morgan fingerprint density at radius 1 is 0.271 bits per heavy atom. The zero-order chi connectivity index (χ0) is 47.0. The van der Waals surface area contributed by atoms with Crippen LogP contribution in [0, 0.1) is 0 Å². The molecule has 0 radical (unpaired) electrons. The summed E-state index contributed by atoms with van der Waals surface area (Å²) in [6.45, 7) is 6.00. The highest BCUT2D eigenvalue weighted by molar-refractivity contribution is 6.13. The summed E-state index contributed by atoms with van der Waals surface area (Å²) in [6, 6.07) is 77.5. The molecule has 0 atom stereocenters. The van der Waals surface area contributed by atoms with Crippen molar-refractivity contribution in [3.8, 4) is 78.5 Å². The smallest absolute Gasteiger partial charge is 0.0963 e. The van der Waals surface area contributed by atoms with Crippen LogP contribution in [0.25, 0.3) is 122 Å². The molecule has 13 aromatic rings. The minimum atomic E-state index is 0.946. The Morgan fingerprint density at radius 2 is 0.643 bits per heavy atom. The van der Waals surface area contributed by atoms with Crippen LogP contribution in [0.4, 0.5) is 0 Å². The quantitative estimate of drug-likeness (QED) is 0.143. The van der Waals surface area contributed by atoms with Crippen molar-refractivity contribution in [2.75, 3.05) is 0 Å². The van der Waals surface area contributed by atoms with Crippen LogP contribution in [0.5, 0.6) is 0 Å². The van der Waals surface area contributed by atoms with Crippen molar-refractivity contribution in [3.63, 3.8) is 0 Å². The maximum absolute atomic E-state index is 5.00. The number of hydrogen-bond acceptors (Lipinski definition) is 4. The molecule has 0 fully saturated rings. The van der Waals surface area contributed by atoms with E-state index in [4.69, 9.17) is 19.9 Å². The van der Waals surface area contributed by atoms with Crippen LogP contribution in [0.15, 0.2) is 256 Å². The summed E-state index contributed by atoms with van der Waals surface area (Å²) in [7, 11) is 0. The standard InChI is InChI=1S/C62H40N6.C2H4/c1-4-20-49(55-23-7-10-33-63-55)46(17-1)41-27-30-58-52(37-41)53-38-42(47-18-2-5-21-50(47)56-24-8-11-34-64-56)28-31-59(53)67(58)44-15-13-16-45(40-44)68-60-32-29-43(39-54(60)62-61(68)26-14-36-66-62)48-19-3-6-22-51(48)57-25-9-12-35-65-57;1-2/h1-40H;1-2H2. The number of aromatic nitrogens is 6. The number of hydrogen-bond donors (Lipinski definition) is 0. The van der Waals surface area contributed by atoms with Gasteiger partial charge < -0.3 is 9.13 Å². The fraction of sp³-hybridized carbons (Fsp3) is 0. The van der Waals surface area contributed by atoms with Crippen molar-refractivity contribution in [2.24, 2.45) is 0 Å². The van der Waals surface area contributed by atoms with E-state index >= 15 is 0 Å². The first-order valence-corrected chi connectivity index (χ1v) is 23.4. The van der Waals surface area contributed by atoms with Crippen LogP contribution in [0.2, 0.25) is 0 Å². The van der Waals surface area contributed by atoms with Crippen LogP contribution >= 0.6 is 0 Å². The second kappa shape index (κ2) is 17.9. The molecule has 6 heterocycles. The van der Waals surface area contributed by atoms with E-state index < -0.39 is 0 Å². The van der Waals surface area contributed by atoms with E-state index in [1.165, 1.54) is 0 Å². The molecule has 0 saturated heterocycles. The first-order chi connectivity index (χ1) is 34.7. The number of rotatable bonds is 8. The van der Waals surface area contributed by atoms with Crippen LogP contribution < -0.4 is 0 Å². The molecule has 0 bridgehead atoms. The average Bonchev–Trinajstić information content (AvgIpc) is 3.96. The summed E-state index contributed by atoms with van der Waals surface area (Å²) in [6.07, 6.45) is 7.46. The lowest BCUT2D eigenvalue weighted by molar-refractivity contribution is 1.13. The topological polar surface area (TPSA) is 61.4 Å². The molecule has 6 aromatic heterocycles. The zero-order valence-electron chi connectivity index (χ0n) is 38.2. The molecular formula is C64H44N6. The predicted molar refractivity (Wildman–Crippen MR) is 290 cm³/mol. The van der Waals surface area contributed by atoms with Crippen molar-refractivity contribution >= 4 is 43.7 Å². The summed E-state index contributed by atoms with van der Waals surface area (Å²) >= 11 is 0. The largest absolute Gasteiger partial charge is 0.309 e. The molecule has 6 heteroatoms. The highest BCUT2D eigenvalue weighted by Crippen LogP contribution is 2.42. The normalized spacial score (nSPS) is 11.3. The highest BCUT2D eigenvalue weighted by Gasteiger charge is 2.20. The third-order valence-electron chi connectivity index (χ3n) is 13.2. The van der Waals surface area contributed by atoms with Crippen LogP contribution in [-0.4, -0.2) is 29.1 Å². The van der Waals surface area contributed by atoms with Gasteiger partial charge >= 0.3 is 0 Å². The van der Waals surface area contributed by atoms with Gasteiger partial charge in [0, 0.05) is 69.0 Å². The Kier molecular flexibility index (Phi) is 10.7. The van der Waals surface area contributed by atoms with Gasteiger partial charge in [0.05, 0.1) is 44.7 Å². The zero-order valence-corrected chi connectivity index (χ0v) is 38.2. The molecule has 0 aliphatic carbocycles. The maximum atomic E-state index is 5.00. The monoisotopic (exact) mass is 896 g/mol. The van der Waals surface area contributed by atoms with Crippen molar-refractivity contribution in [3.05, 3.63) is 256 Å². The van der Waals surface area contributed by atoms with Crippen molar-refractivity contribution in [2.45, 2.75) is 0 Å². The molecule has 0 spiro atoms. The molecule has 330 valence electrons. The number of fused-ring (bicyclic) bond motifs is 6. The maximum Gasteiger partial charge on any atom is 0.0963 e. The van der Waals surface area contributed by atoms with E-state index in [9.17, 15) is 0 Å². The van der Waals surface area contributed by atoms with Gasteiger partial charge in [0.15, 0.2) is 0 Å². The fourth-order valence-corrected chi connectivity index (χ4v) is 10.1. The predicted octanol–water partition coefficient (Wildman–Crippen LogP) is 16.3. The van der Waals surface area contributed by atoms with E-state index in [2.05, 4.69) is 198 Å². The van der Waals surface area contributed by atoms with Crippen molar-refractivity contribution < 1.29 is 0 Å². The van der Waals surface area contributed by atoms with Crippen LogP contribution in [0.3, 0.4) is 0 Å². The molecule has 0 saturated carbocycles. The molecule has 0 unspecified atom stereocenters. The second-order valence-corrected chi connectivity index (χ2v) is 17.0. The van der Waals surface area contributed by atoms with Gasteiger partial charge in [-0.05, 0) is 137 Å². The van der Waals surface area contributed by atoms with E-state index in [-0.39, 0.29) is 0 Å². The Bertz CT molecular complexity index is 3900. The fourth-order valence-electron chi connectivity index (χ4n) is 10.1. The minimum absolute atomic E-state index is 0.946. The average molecular weight is 897 g/mol. The number of pyridine rings is 4. The van der Waals surface area contributed by atoms with Gasteiger partial charge in [-0.15, -0.1) is 13.2 Å². The van der Waals surface area contributed by atoms with Gasteiger partial charge in [-0.3, -0.25) is 19.9 Å². The Balaban J connectivity index is 0.00000249. The van der Waals surface area contributed by atoms with E-state index in [1.807, 2.05) is 67.3 Å². The van der Waals surface area contributed by atoms with Crippen LogP contribution in [0.1, 0.15) is 0 Å². The summed E-state index contributed by atoms with van der Waals surface area (Å²) in [5.74, 6) is 0. The molecule has 70 heavy (non-hydrogen) atoms. The third kappa shape index (κ3) is 7.23.